The minimum Gasteiger partial charge on any atom is -0.453 e. The Morgan fingerprint density at radius 3 is 2.47 bits per heavy atom. The third kappa shape index (κ3) is 6.12. The lowest BCUT2D eigenvalue weighted by Crippen LogP contribution is -2.38. The normalized spacial score (nSPS) is 22.3. The van der Waals surface area contributed by atoms with E-state index in [1.54, 1.807) is 12.1 Å². The van der Waals surface area contributed by atoms with Crippen molar-refractivity contribution < 1.29 is 14.3 Å². The number of pyridine rings is 2. The summed E-state index contributed by atoms with van der Waals surface area (Å²) in [5.41, 5.74) is 1.21. The van der Waals surface area contributed by atoms with Crippen LogP contribution < -0.4 is 16.0 Å². The van der Waals surface area contributed by atoms with Crippen LogP contribution in [0.15, 0.2) is 48.7 Å². The summed E-state index contributed by atoms with van der Waals surface area (Å²) in [6.45, 7) is 6.85. The average Bonchev–Trinajstić information content (AvgIpc) is 3.69. The molecule has 3 aromatic rings. The van der Waals surface area contributed by atoms with Crippen LogP contribution in [0.4, 0.5) is 11.6 Å². The van der Waals surface area contributed by atoms with Gasteiger partial charge in [0, 0.05) is 35.1 Å². The molecule has 1 aromatic carbocycles. The number of carbonyl (C=O) groups excluding carboxylic acids is 1. The number of hydrogen-bond donors (Lipinski definition) is 3. The fraction of sp³-hybridized carbons (Fsp3) is 0.464. The Kier molecular flexibility index (Phi) is 7.34. The van der Waals surface area contributed by atoms with Gasteiger partial charge < -0.3 is 20.1 Å². The van der Waals surface area contributed by atoms with Crippen LogP contribution in [0.3, 0.4) is 0 Å². The number of epoxide rings is 1. The van der Waals surface area contributed by atoms with Crippen molar-refractivity contribution in [2.24, 2.45) is 0 Å². The molecule has 8 nitrogen and oxygen atoms in total. The number of hydrogen-bond acceptors (Lipinski definition) is 8. The maximum atomic E-state index is 12.6. The molecule has 2 aliphatic rings. The quantitative estimate of drug-likeness (QED) is 0.284. The van der Waals surface area contributed by atoms with E-state index in [2.05, 4.69) is 35.9 Å². The smallest absolute Gasteiger partial charge is 0.338 e. The van der Waals surface area contributed by atoms with E-state index < -0.39 is 6.10 Å². The predicted octanol–water partition coefficient (Wildman–Crippen LogP) is 5.04. The first kappa shape index (κ1) is 24.5. The molecule has 0 spiro atoms. The van der Waals surface area contributed by atoms with E-state index in [0.29, 0.717) is 23.3 Å². The molecular formula is C28H35N5O3. The molecule has 1 aliphatic heterocycles. The zero-order chi connectivity index (χ0) is 25.1. The van der Waals surface area contributed by atoms with Crippen LogP contribution in [0.5, 0.6) is 0 Å². The Hall–Kier alpha value is -3.23. The Morgan fingerprint density at radius 1 is 1.06 bits per heavy atom. The summed E-state index contributed by atoms with van der Waals surface area (Å²) in [7, 11) is 0. The molecule has 2 atom stereocenters. The molecule has 8 heteroatoms. The zero-order valence-electron chi connectivity index (χ0n) is 21.2. The number of esters is 1. The molecule has 1 unspecified atom stereocenters. The lowest BCUT2D eigenvalue weighted by atomic mass is 9.91. The molecule has 5 rings (SSSR count). The maximum absolute atomic E-state index is 12.6. The molecule has 0 radical (unpaired) electrons. The van der Waals surface area contributed by atoms with E-state index in [9.17, 15) is 4.79 Å². The summed E-state index contributed by atoms with van der Waals surface area (Å²) in [5, 5.41) is 12.6. The summed E-state index contributed by atoms with van der Waals surface area (Å²) in [6, 6.07) is 14.2. The Balaban J connectivity index is 1.31. The minimum atomic E-state index is -0.502. The monoisotopic (exact) mass is 489 g/mol. The molecule has 2 aromatic heterocycles. The van der Waals surface area contributed by atoms with Gasteiger partial charge in [0.25, 0.3) is 0 Å². The van der Waals surface area contributed by atoms with Crippen LogP contribution in [-0.2, 0) is 9.47 Å². The molecule has 1 aliphatic carbocycles. The molecule has 1 saturated heterocycles. The molecule has 0 bridgehead atoms. The van der Waals surface area contributed by atoms with Gasteiger partial charge in [0.15, 0.2) is 0 Å². The van der Waals surface area contributed by atoms with Crippen LogP contribution >= 0.6 is 0 Å². The predicted molar refractivity (Wildman–Crippen MR) is 141 cm³/mol. The summed E-state index contributed by atoms with van der Waals surface area (Å²) in [4.78, 5) is 22.1. The van der Waals surface area contributed by atoms with Crippen molar-refractivity contribution >= 4 is 28.4 Å². The van der Waals surface area contributed by atoms with Gasteiger partial charge in [-0.05, 0) is 70.7 Å². The van der Waals surface area contributed by atoms with E-state index >= 15 is 0 Å². The fourth-order valence-electron chi connectivity index (χ4n) is 4.72. The summed E-state index contributed by atoms with van der Waals surface area (Å²) >= 11 is 0. The molecule has 190 valence electrons. The first-order valence-corrected chi connectivity index (χ1v) is 12.9. The first-order chi connectivity index (χ1) is 17.4. The van der Waals surface area contributed by atoms with Gasteiger partial charge in [-0.25, -0.2) is 14.8 Å². The van der Waals surface area contributed by atoms with Crippen molar-refractivity contribution in [1.29, 1.82) is 0 Å². The van der Waals surface area contributed by atoms with Crippen LogP contribution in [0.25, 0.3) is 10.8 Å². The van der Waals surface area contributed by atoms with E-state index in [-0.39, 0.29) is 18.2 Å². The van der Waals surface area contributed by atoms with Crippen LogP contribution in [0, 0.1) is 0 Å². The Labute approximate surface area is 212 Å². The summed E-state index contributed by atoms with van der Waals surface area (Å²) < 4.78 is 11.0. The molecule has 1 saturated carbocycles. The van der Waals surface area contributed by atoms with Crippen LogP contribution in [0.1, 0.15) is 68.6 Å². The standard InChI is InChI=1S/C28H35N5O3/c1-17(2)30-27-23-14-25(31-21-9-11-22(12-10-21)32-26-16-35-26)29-15-20(23)13-24(33-27)18(3)36-28(34)19-7-5-4-6-8-19/h4-8,13-15,17-18,21-22,26,32H,9-12,16H2,1-3H3,(H,29,31)(H,30,33)/t18-,21?,22?,26?/m1/s1. The lowest BCUT2D eigenvalue weighted by Gasteiger charge is -2.29. The van der Waals surface area contributed by atoms with E-state index in [1.807, 2.05) is 37.4 Å². The number of benzene rings is 1. The van der Waals surface area contributed by atoms with Gasteiger partial charge in [0.2, 0.25) is 0 Å². The SMILES string of the molecule is CC(C)Nc1nc([C@@H](C)OC(=O)c2ccccc2)cc2cnc(NC3CCC(NC4CO4)CC3)cc12. The van der Waals surface area contributed by atoms with Crippen molar-refractivity contribution in [3.8, 4) is 0 Å². The van der Waals surface area contributed by atoms with Crippen LogP contribution in [0.2, 0.25) is 0 Å². The Morgan fingerprint density at radius 2 is 1.78 bits per heavy atom. The molecule has 2 fully saturated rings. The van der Waals surface area contributed by atoms with Crippen molar-refractivity contribution in [3.63, 3.8) is 0 Å². The topological polar surface area (TPSA) is 101 Å². The minimum absolute atomic E-state index is 0.195. The molecule has 3 heterocycles. The van der Waals surface area contributed by atoms with Gasteiger partial charge in [-0.15, -0.1) is 0 Å². The highest BCUT2D eigenvalue weighted by Crippen LogP contribution is 2.30. The van der Waals surface area contributed by atoms with Gasteiger partial charge in [-0.2, -0.15) is 0 Å². The van der Waals surface area contributed by atoms with E-state index in [4.69, 9.17) is 19.4 Å². The fourth-order valence-corrected chi connectivity index (χ4v) is 4.72. The highest BCUT2D eigenvalue weighted by molar-refractivity contribution is 5.94. The number of rotatable bonds is 9. The second-order valence-corrected chi connectivity index (χ2v) is 10.1. The lowest BCUT2D eigenvalue weighted by molar-refractivity contribution is 0.0330. The second kappa shape index (κ2) is 10.8. The third-order valence-electron chi connectivity index (χ3n) is 6.70. The number of ether oxygens (including phenoxy) is 2. The number of aromatic nitrogens is 2. The largest absolute Gasteiger partial charge is 0.453 e. The van der Waals surface area contributed by atoms with Crippen molar-refractivity contribution in [1.82, 2.24) is 15.3 Å². The van der Waals surface area contributed by atoms with Gasteiger partial charge in [0.1, 0.15) is 24.0 Å². The number of fused-ring (bicyclic) bond motifs is 1. The van der Waals surface area contributed by atoms with Crippen molar-refractivity contribution in [3.05, 3.63) is 59.9 Å². The first-order valence-electron chi connectivity index (χ1n) is 12.9. The van der Waals surface area contributed by atoms with Gasteiger partial charge in [0.05, 0.1) is 17.9 Å². The van der Waals surface area contributed by atoms with Crippen LogP contribution in [-0.4, -0.2) is 46.9 Å². The van der Waals surface area contributed by atoms with Crippen molar-refractivity contribution in [2.45, 2.75) is 76.9 Å². The Bertz CT molecular complexity index is 1190. The molecule has 0 amide bonds. The average molecular weight is 490 g/mol. The van der Waals surface area contributed by atoms with E-state index in [0.717, 1.165) is 54.7 Å². The molecule has 36 heavy (non-hydrogen) atoms. The van der Waals surface area contributed by atoms with Gasteiger partial charge in [-0.1, -0.05) is 18.2 Å². The zero-order valence-corrected chi connectivity index (χ0v) is 21.2. The number of nitrogens with zero attached hydrogens (tertiary/aromatic N) is 2. The molecular weight excluding hydrogens is 454 g/mol. The number of carbonyl (C=O) groups is 1. The van der Waals surface area contributed by atoms with Crippen molar-refractivity contribution in [2.75, 3.05) is 17.2 Å². The maximum Gasteiger partial charge on any atom is 0.338 e. The second-order valence-electron chi connectivity index (χ2n) is 10.1. The van der Waals surface area contributed by atoms with Gasteiger partial charge >= 0.3 is 5.97 Å². The van der Waals surface area contributed by atoms with Gasteiger partial charge in [-0.3, -0.25) is 5.32 Å². The number of nitrogens with one attached hydrogen (secondary N) is 3. The highest BCUT2D eigenvalue weighted by atomic mass is 16.6. The third-order valence-corrected chi connectivity index (χ3v) is 6.70. The summed E-state index contributed by atoms with van der Waals surface area (Å²) in [6.07, 6.45) is 6.11. The van der Waals surface area contributed by atoms with E-state index in [1.165, 1.54) is 0 Å². The number of anilines is 2. The molecule has 3 N–H and O–H groups in total. The summed E-state index contributed by atoms with van der Waals surface area (Å²) in [5.74, 6) is 1.26. The highest BCUT2D eigenvalue weighted by Gasteiger charge is 2.29.